The number of aromatic nitrogens is 2. The first-order valence-electron chi connectivity index (χ1n) is 4.85. The zero-order chi connectivity index (χ0) is 11.7. The molecule has 2 aromatic rings. The molecule has 0 radical (unpaired) electrons. The van der Waals surface area contributed by atoms with Gasteiger partial charge in [-0.2, -0.15) is 0 Å². The normalized spacial score (nSPS) is 10.7. The lowest BCUT2D eigenvalue weighted by Gasteiger charge is -2.07. The fourth-order valence-electron chi connectivity index (χ4n) is 1.46. The van der Waals surface area contributed by atoms with Crippen molar-refractivity contribution >= 4 is 15.9 Å². The Bertz CT molecular complexity index is 572. The van der Waals surface area contributed by atoms with Crippen LogP contribution in [0.15, 0.2) is 32.0 Å². The minimum absolute atomic E-state index is 0.0958. The van der Waals surface area contributed by atoms with E-state index < -0.39 is 0 Å². The zero-order valence-electron chi connectivity index (χ0n) is 9.03. The SMILES string of the molecule is Cc1ccc(Cn2c(C)ncc(Br)c2=O)o1. The number of rotatable bonds is 2. The van der Waals surface area contributed by atoms with Gasteiger partial charge in [0, 0.05) is 6.20 Å². The van der Waals surface area contributed by atoms with Crippen LogP contribution in [0.1, 0.15) is 17.3 Å². The summed E-state index contributed by atoms with van der Waals surface area (Å²) < 4.78 is 7.47. The van der Waals surface area contributed by atoms with Gasteiger partial charge in [0.2, 0.25) is 0 Å². The van der Waals surface area contributed by atoms with Crippen molar-refractivity contribution in [3.63, 3.8) is 0 Å². The monoisotopic (exact) mass is 282 g/mol. The molecule has 0 saturated heterocycles. The topological polar surface area (TPSA) is 48.0 Å². The second-order valence-electron chi connectivity index (χ2n) is 3.56. The average Bonchev–Trinajstić information content (AvgIpc) is 2.65. The Labute approximate surface area is 101 Å². The van der Waals surface area contributed by atoms with Crippen LogP contribution in [0.2, 0.25) is 0 Å². The smallest absolute Gasteiger partial charge is 0.268 e. The van der Waals surface area contributed by atoms with Crippen molar-refractivity contribution in [2.45, 2.75) is 20.4 Å². The van der Waals surface area contributed by atoms with E-state index in [-0.39, 0.29) is 5.56 Å². The fourth-order valence-corrected chi connectivity index (χ4v) is 1.78. The van der Waals surface area contributed by atoms with Gasteiger partial charge in [0.25, 0.3) is 5.56 Å². The Morgan fingerprint density at radius 2 is 2.19 bits per heavy atom. The molecule has 16 heavy (non-hydrogen) atoms. The first-order valence-corrected chi connectivity index (χ1v) is 5.64. The van der Waals surface area contributed by atoms with E-state index >= 15 is 0 Å². The van der Waals surface area contributed by atoms with E-state index in [9.17, 15) is 4.79 Å². The molecule has 0 aliphatic carbocycles. The molecular formula is C11H11BrN2O2. The third-order valence-corrected chi connectivity index (χ3v) is 2.86. The summed E-state index contributed by atoms with van der Waals surface area (Å²) in [5, 5.41) is 0. The van der Waals surface area contributed by atoms with Gasteiger partial charge in [-0.25, -0.2) is 4.98 Å². The molecule has 0 N–H and O–H groups in total. The summed E-state index contributed by atoms with van der Waals surface area (Å²) >= 11 is 3.17. The van der Waals surface area contributed by atoms with Crippen LogP contribution in [-0.2, 0) is 6.54 Å². The summed E-state index contributed by atoms with van der Waals surface area (Å²) in [6.45, 7) is 4.08. The van der Waals surface area contributed by atoms with Crippen LogP contribution < -0.4 is 5.56 Å². The van der Waals surface area contributed by atoms with E-state index in [1.807, 2.05) is 19.1 Å². The first-order chi connectivity index (χ1) is 7.58. The molecule has 84 valence electrons. The van der Waals surface area contributed by atoms with E-state index in [2.05, 4.69) is 20.9 Å². The minimum Gasteiger partial charge on any atom is -0.464 e. The molecule has 2 rings (SSSR count). The lowest BCUT2D eigenvalue weighted by molar-refractivity contribution is 0.462. The van der Waals surface area contributed by atoms with E-state index in [1.165, 1.54) is 6.20 Å². The van der Waals surface area contributed by atoms with E-state index in [1.54, 1.807) is 11.5 Å². The van der Waals surface area contributed by atoms with Crippen molar-refractivity contribution in [3.05, 3.63) is 50.5 Å². The van der Waals surface area contributed by atoms with E-state index in [0.717, 1.165) is 11.5 Å². The second kappa shape index (κ2) is 4.25. The molecule has 2 aromatic heterocycles. The number of aryl methyl sites for hydroxylation is 2. The quantitative estimate of drug-likeness (QED) is 0.849. The second-order valence-corrected chi connectivity index (χ2v) is 4.41. The molecule has 0 atom stereocenters. The lowest BCUT2D eigenvalue weighted by atomic mass is 10.4. The van der Waals surface area contributed by atoms with Crippen molar-refractivity contribution in [2.24, 2.45) is 0 Å². The number of hydrogen-bond donors (Lipinski definition) is 0. The van der Waals surface area contributed by atoms with Crippen LogP contribution in [0.3, 0.4) is 0 Å². The first kappa shape index (κ1) is 11.1. The van der Waals surface area contributed by atoms with E-state index in [4.69, 9.17) is 4.42 Å². The van der Waals surface area contributed by atoms with Gasteiger partial charge in [0.15, 0.2) is 0 Å². The molecule has 0 unspecified atom stereocenters. The van der Waals surface area contributed by atoms with Crippen molar-refractivity contribution in [1.82, 2.24) is 9.55 Å². The molecule has 0 saturated carbocycles. The predicted octanol–water partition coefficient (Wildman–Crippen LogP) is 2.26. The lowest BCUT2D eigenvalue weighted by Crippen LogP contribution is -2.24. The van der Waals surface area contributed by atoms with Gasteiger partial charge in [-0.1, -0.05) is 0 Å². The Hall–Kier alpha value is -1.36. The maximum atomic E-state index is 11.8. The highest BCUT2D eigenvalue weighted by Gasteiger charge is 2.07. The fraction of sp³-hybridized carbons (Fsp3) is 0.273. The largest absolute Gasteiger partial charge is 0.464 e. The van der Waals surface area contributed by atoms with Crippen LogP contribution >= 0.6 is 15.9 Å². The molecule has 0 aliphatic heterocycles. The Morgan fingerprint density at radius 3 is 2.81 bits per heavy atom. The van der Waals surface area contributed by atoms with Gasteiger partial charge in [0.1, 0.15) is 21.8 Å². The minimum atomic E-state index is -0.0958. The molecule has 0 spiro atoms. The molecule has 0 fully saturated rings. The summed E-state index contributed by atoms with van der Waals surface area (Å²) in [5.74, 6) is 2.26. The third kappa shape index (κ3) is 2.09. The highest BCUT2D eigenvalue weighted by molar-refractivity contribution is 9.10. The summed E-state index contributed by atoms with van der Waals surface area (Å²) in [4.78, 5) is 16.0. The molecule has 5 heteroatoms. The Kier molecular flexibility index (Phi) is 2.96. The van der Waals surface area contributed by atoms with Crippen LogP contribution in [0.5, 0.6) is 0 Å². The van der Waals surface area contributed by atoms with Gasteiger partial charge in [-0.3, -0.25) is 9.36 Å². The molecule has 2 heterocycles. The predicted molar refractivity (Wildman–Crippen MR) is 63.5 cm³/mol. The zero-order valence-corrected chi connectivity index (χ0v) is 10.6. The number of furan rings is 1. The van der Waals surface area contributed by atoms with Crippen molar-refractivity contribution in [1.29, 1.82) is 0 Å². The van der Waals surface area contributed by atoms with E-state index in [0.29, 0.717) is 16.8 Å². The molecule has 0 amide bonds. The van der Waals surface area contributed by atoms with Crippen molar-refractivity contribution < 1.29 is 4.42 Å². The Morgan fingerprint density at radius 1 is 1.44 bits per heavy atom. The summed E-state index contributed by atoms with van der Waals surface area (Å²) in [6, 6.07) is 3.74. The van der Waals surface area contributed by atoms with Gasteiger partial charge in [0.05, 0.1) is 6.54 Å². The van der Waals surface area contributed by atoms with Crippen molar-refractivity contribution in [2.75, 3.05) is 0 Å². The van der Waals surface area contributed by atoms with Gasteiger partial charge in [-0.15, -0.1) is 0 Å². The third-order valence-electron chi connectivity index (χ3n) is 2.31. The number of nitrogens with zero attached hydrogens (tertiary/aromatic N) is 2. The molecule has 4 nitrogen and oxygen atoms in total. The number of hydrogen-bond acceptors (Lipinski definition) is 3. The van der Waals surface area contributed by atoms with Crippen LogP contribution in [0.25, 0.3) is 0 Å². The average molecular weight is 283 g/mol. The summed E-state index contributed by atoms with van der Waals surface area (Å²) in [6.07, 6.45) is 1.52. The standard InChI is InChI=1S/C11H11BrN2O2/c1-7-3-4-9(16-7)6-14-8(2)13-5-10(12)11(14)15/h3-5H,6H2,1-2H3. The molecule has 0 aromatic carbocycles. The van der Waals surface area contributed by atoms with Gasteiger partial charge in [-0.05, 0) is 41.9 Å². The molecule has 0 bridgehead atoms. The molecule has 0 aliphatic rings. The highest BCUT2D eigenvalue weighted by atomic mass is 79.9. The Balaban J connectivity index is 2.42. The maximum absolute atomic E-state index is 11.8. The van der Waals surface area contributed by atoms with Crippen LogP contribution in [-0.4, -0.2) is 9.55 Å². The number of halogens is 1. The van der Waals surface area contributed by atoms with Crippen LogP contribution in [0.4, 0.5) is 0 Å². The van der Waals surface area contributed by atoms with Gasteiger partial charge < -0.3 is 4.42 Å². The van der Waals surface area contributed by atoms with Crippen molar-refractivity contribution in [3.8, 4) is 0 Å². The highest BCUT2D eigenvalue weighted by Crippen LogP contribution is 2.09. The molecular weight excluding hydrogens is 272 g/mol. The summed E-state index contributed by atoms with van der Waals surface area (Å²) in [7, 11) is 0. The van der Waals surface area contributed by atoms with Crippen LogP contribution in [0, 0.1) is 13.8 Å². The van der Waals surface area contributed by atoms with Gasteiger partial charge >= 0.3 is 0 Å². The summed E-state index contributed by atoms with van der Waals surface area (Å²) in [5.41, 5.74) is -0.0958. The maximum Gasteiger partial charge on any atom is 0.268 e.